The van der Waals surface area contributed by atoms with Crippen LogP contribution in [0, 0.1) is 12.8 Å². The van der Waals surface area contributed by atoms with Crippen LogP contribution in [0.1, 0.15) is 49.9 Å². The Morgan fingerprint density at radius 3 is 2.43 bits per heavy atom. The van der Waals surface area contributed by atoms with Gasteiger partial charge >= 0.3 is 5.97 Å². The Labute approximate surface area is 184 Å². The van der Waals surface area contributed by atoms with Gasteiger partial charge in [0, 0.05) is 12.8 Å². The van der Waals surface area contributed by atoms with Crippen LogP contribution < -0.4 is 28.5 Å². The molecule has 1 heterocycles. The summed E-state index contributed by atoms with van der Waals surface area (Å²) in [4.78, 5) is 13.1. The molecule has 1 saturated carbocycles. The largest absolute Gasteiger partial charge is 1.00 e. The van der Waals surface area contributed by atoms with E-state index in [1.54, 1.807) is 0 Å². The van der Waals surface area contributed by atoms with E-state index in [-0.39, 0.29) is 36.5 Å². The highest BCUT2D eigenvalue weighted by molar-refractivity contribution is 5.81. The molecule has 154 valence electrons. The lowest BCUT2D eigenvalue weighted by Gasteiger charge is -2.34. The Balaban J connectivity index is 0.00000280. The summed E-state index contributed by atoms with van der Waals surface area (Å²) in [5.74, 6) is 0.476. The minimum atomic E-state index is -1.57. The molecule has 1 atom stereocenters. The van der Waals surface area contributed by atoms with Crippen molar-refractivity contribution in [2.75, 3.05) is 6.61 Å². The second kappa shape index (κ2) is 10.4. The molecule has 5 nitrogen and oxygen atoms in total. The Hall–Kier alpha value is -1.41. The summed E-state index contributed by atoms with van der Waals surface area (Å²) in [7, 11) is 1.98. The maximum absolute atomic E-state index is 13.1. The highest BCUT2D eigenvalue weighted by atomic mass is 127. The fourth-order valence-electron chi connectivity index (χ4n) is 4.09. The quantitative estimate of drug-likeness (QED) is 0.265. The van der Waals surface area contributed by atoms with E-state index >= 15 is 0 Å². The summed E-state index contributed by atoms with van der Waals surface area (Å²) < 4.78 is 9.67. The molecule has 1 aliphatic carbocycles. The van der Waals surface area contributed by atoms with Crippen molar-refractivity contribution in [2.45, 2.75) is 57.6 Å². The van der Waals surface area contributed by atoms with Crippen LogP contribution in [0.4, 0.5) is 0 Å². The van der Waals surface area contributed by atoms with Crippen LogP contribution in [-0.4, -0.2) is 22.2 Å². The summed E-state index contributed by atoms with van der Waals surface area (Å²) >= 11 is 0. The highest BCUT2D eigenvalue weighted by Crippen LogP contribution is 2.39. The Bertz CT molecular complexity index is 754. The molecule has 6 heteroatoms. The van der Waals surface area contributed by atoms with Gasteiger partial charge in [-0.1, -0.05) is 56.0 Å². The molecule has 1 aliphatic rings. The Kier molecular flexibility index (Phi) is 8.49. The van der Waals surface area contributed by atoms with Gasteiger partial charge in [0.1, 0.15) is 25.5 Å². The fourth-order valence-corrected chi connectivity index (χ4v) is 4.09. The summed E-state index contributed by atoms with van der Waals surface area (Å²) in [6, 6.07) is 9.31. The van der Waals surface area contributed by atoms with Crippen molar-refractivity contribution in [3.63, 3.8) is 0 Å². The number of halogens is 1. The predicted molar refractivity (Wildman–Crippen MR) is 103 cm³/mol. The number of aryl methyl sites for hydroxylation is 1. The fraction of sp³-hybridized carbons (Fsp3) is 0.545. The molecule has 0 spiro atoms. The number of hydrogen-bond donors (Lipinski definition) is 1. The number of carbonyl (C=O) groups is 1. The van der Waals surface area contributed by atoms with Crippen molar-refractivity contribution in [1.29, 1.82) is 0 Å². The molecule has 28 heavy (non-hydrogen) atoms. The number of hydrogen-bond acceptors (Lipinski definition) is 3. The van der Waals surface area contributed by atoms with Gasteiger partial charge in [-0.15, -0.1) is 0 Å². The third kappa shape index (κ3) is 4.95. The summed E-state index contributed by atoms with van der Waals surface area (Å²) in [6.45, 7) is 2.85. The van der Waals surface area contributed by atoms with E-state index in [4.69, 9.17) is 4.74 Å². The van der Waals surface area contributed by atoms with Crippen molar-refractivity contribution in [1.82, 2.24) is 4.57 Å². The summed E-state index contributed by atoms with van der Waals surface area (Å²) in [6.07, 6.45) is 10.1. The number of esters is 1. The van der Waals surface area contributed by atoms with Crippen LogP contribution in [0.5, 0.6) is 0 Å². The number of benzene rings is 1. The maximum atomic E-state index is 13.1. The molecule has 1 N–H and O–H groups in total. The zero-order valence-electron chi connectivity index (χ0n) is 16.8. The zero-order chi connectivity index (χ0) is 19.3. The minimum Gasteiger partial charge on any atom is -1.00 e. The van der Waals surface area contributed by atoms with Gasteiger partial charge < -0.3 is 33.8 Å². The van der Waals surface area contributed by atoms with Crippen LogP contribution in [0.15, 0.2) is 42.7 Å². The molecule has 0 bridgehead atoms. The third-order valence-corrected chi connectivity index (χ3v) is 5.93. The maximum Gasteiger partial charge on any atom is 0.343 e. The number of imidazole rings is 1. The van der Waals surface area contributed by atoms with Crippen LogP contribution in [0.2, 0.25) is 0 Å². The van der Waals surface area contributed by atoms with Gasteiger partial charge in [0.15, 0.2) is 5.60 Å². The average Bonchev–Trinajstić information content (AvgIpc) is 2.90. The summed E-state index contributed by atoms with van der Waals surface area (Å²) in [5.41, 5.74) is -0.924. The first-order chi connectivity index (χ1) is 13.0. The lowest BCUT2D eigenvalue weighted by Crippen LogP contribution is -3.00. The SMILES string of the molecule is Cc1n(CCOC(=O)C(O)(c2ccccc2)C2CCCCCC2)cc[n+]1C.[I-]. The molecule has 0 radical (unpaired) electrons. The van der Waals surface area contributed by atoms with Crippen LogP contribution in [-0.2, 0) is 28.7 Å². The third-order valence-electron chi connectivity index (χ3n) is 5.93. The first kappa shape index (κ1) is 22.9. The van der Waals surface area contributed by atoms with E-state index in [0.717, 1.165) is 31.5 Å². The first-order valence-electron chi connectivity index (χ1n) is 10.00. The van der Waals surface area contributed by atoms with E-state index in [0.29, 0.717) is 12.1 Å². The van der Waals surface area contributed by atoms with Crippen molar-refractivity contribution >= 4 is 5.97 Å². The van der Waals surface area contributed by atoms with Gasteiger partial charge in [0.2, 0.25) is 0 Å². The lowest BCUT2D eigenvalue weighted by atomic mass is 9.77. The van der Waals surface area contributed by atoms with E-state index in [1.807, 2.05) is 65.8 Å². The van der Waals surface area contributed by atoms with Crippen molar-refractivity contribution in [3.8, 4) is 0 Å². The topological polar surface area (TPSA) is 55.3 Å². The molecular weight excluding hydrogens is 467 g/mol. The molecule has 0 amide bonds. The van der Waals surface area contributed by atoms with Gasteiger partial charge in [0.05, 0.1) is 7.05 Å². The monoisotopic (exact) mass is 498 g/mol. The number of aliphatic hydroxyl groups is 1. The second-order valence-corrected chi connectivity index (χ2v) is 7.61. The van der Waals surface area contributed by atoms with Crippen LogP contribution in [0.3, 0.4) is 0 Å². The standard InChI is InChI=1S/C22H31N2O3.HI/c1-18-23(2)14-15-24(18)16-17-27-21(25)22(26,20-12-8-5-9-13-20)19-10-6-3-4-7-11-19;/h5,8-9,12-15,19,26H,3-4,6-7,10-11,16-17H2,1-2H3;1H/q+1;/p-1. The minimum absolute atomic E-state index is 0. The normalized spacial score (nSPS) is 17.2. The molecule has 1 fully saturated rings. The van der Waals surface area contributed by atoms with Gasteiger partial charge in [-0.2, -0.15) is 0 Å². The molecular formula is C22H31IN2O3. The van der Waals surface area contributed by atoms with Gasteiger partial charge in [-0.25, -0.2) is 13.9 Å². The zero-order valence-corrected chi connectivity index (χ0v) is 19.0. The van der Waals surface area contributed by atoms with Gasteiger partial charge in [-0.05, 0) is 18.4 Å². The second-order valence-electron chi connectivity index (χ2n) is 7.61. The first-order valence-corrected chi connectivity index (χ1v) is 10.00. The predicted octanol–water partition coefficient (Wildman–Crippen LogP) is 0.0264. The number of nitrogens with zero attached hydrogens (tertiary/aromatic N) is 2. The molecule has 0 aliphatic heterocycles. The van der Waals surface area contributed by atoms with Gasteiger partial charge in [-0.3, -0.25) is 0 Å². The molecule has 2 aromatic rings. The average molecular weight is 498 g/mol. The Morgan fingerprint density at radius 2 is 1.86 bits per heavy atom. The van der Waals surface area contributed by atoms with Crippen LogP contribution in [0.25, 0.3) is 0 Å². The van der Waals surface area contributed by atoms with Crippen molar-refractivity contribution < 1.29 is 43.2 Å². The number of rotatable bonds is 6. The molecule has 3 rings (SSSR count). The smallest absolute Gasteiger partial charge is 0.343 e. The highest BCUT2D eigenvalue weighted by Gasteiger charge is 2.46. The molecule has 1 aromatic heterocycles. The lowest BCUT2D eigenvalue weighted by molar-refractivity contribution is -0.677. The van der Waals surface area contributed by atoms with E-state index in [1.165, 1.54) is 12.8 Å². The summed E-state index contributed by atoms with van der Waals surface area (Å²) in [5, 5.41) is 11.6. The number of ether oxygens (including phenoxy) is 1. The molecule has 1 unspecified atom stereocenters. The molecule has 0 saturated heterocycles. The van der Waals surface area contributed by atoms with Crippen molar-refractivity contribution in [3.05, 3.63) is 54.1 Å². The molecule has 1 aromatic carbocycles. The van der Waals surface area contributed by atoms with E-state index < -0.39 is 11.6 Å². The number of aromatic nitrogens is 2. The number of carbonyl (C=O) groups excluding carboxylic acids is 1. The van der Waals surface area contributed by atoms with E-state index in [9.17, 15) is 9.90 Å². The van der Waals surface area contributed by atoms with Crippen molar-refractivity contribution in [2.24, 2.45) is 13.0 Å². The van der Waals surface area contributed by atoms with Gasteiger partial charge in [0.25, 0.3) is 5.82 Å². The van der Waals surface area contributed by atoms with Crippen LogP contribution >= 0.6 is 0 Å². The van der Waals surface area contributed by atoms with E-state index in [2.05, 4.69) is 0 Å². The Morgan fingerprint density at radius 1 is 1.21 bits per heavy atom.